The Morgan fingerprint density at radius 3 is 2.22 bits per heavy atom. The van der Waals surface area contributed by atoms with Gasteiger partial charge in [-0.15, -0.1) is 11.8 Å². The molecule has 3 aromatic rings. The standard InChI is InChI=1S/C30H35FN2O2S/c1-22-14-16-25(17-15-22)36-19-18-28(34)33(21-24-12-8-9-13-26(24)31)27(29(35)32-30(2,3)4)20-23-10-6-5-7-11-23/h5-17,27H,18-21H2,1-4H3,(H,32,35)/t27-/m0/s1. The summed E-state index contributed by atoms with van der Waals surface area (Å²) >= 11 is 1.60. The fourth-order valence-corrected chi connectivity index (χ4v) is 4.69. The topological polar surface area (TPSA) is 49.4 Å². The minimum atomic E-state index is -0.775. The van der Waals surface area contributed by atoms with Gasteiger partial charge in [0, 0.05) is 41.1 Å². The molecule has 0 saturated carbocycles. The van der Waals surface area contributed by atoms with Crippen molar-refractivity contribution in [2.75, 3.05) is 5.75 Å². The second-order valence-electron chi connectivity index (χ2n) is 9.97. The molecule has 3 rings (SSSR count). The minimum Gasteiger partial charge on any atom is -0.350 e. The molecule has 3 aromatic carbocycles. The Kier molecular flexibility index (Phi) is 9.71. The molecule has 0 unspecified atom stereocenters. The first-order valence-electron chi connectivity index (χ1n) is 12.2. The van der Waals surface area contributed by atoms with Crippen LogP contribution in [0.1, 0.15) is 43.9 Å². The number of halogens is 1. The van der Waals surface area contributed by atoms with Gasteiger partial charge in [-0.05, 0) is 51.5 Å². The first-order chi connectivity index (χ1) is 17.1. The number of nitrogens with zero attached hydrogens (tertiary/aromatic N) is 1. The van der Waals surface area contributed by atoms with E-state index in [2.05, 4.69) is 5.32 Å². The highest BCUT2D eigenvalue weighted by Crippen LogP contribution is 2.22. The molecule has 0 heterocycles. The van der Waals surface area contributed by atoms with Gasteiger partial charge in [0.25, 0.3) is 0 Å². The van der Waals surface area contributed by atoms with Crippen LogP contribution >= 0.6 is 11.8 Å². The molecule has 0 aromatic heterocycles. The highest BCUT2D eigenvalue weighted by Gasteiger charge is 2.32. The number of aryl methyl sites for hydroxylation is 1. The normalized spacial score (nSPS) is 12.1. The second-order valence-corrected chi connectivity index (χ2v) is 11.1. The molecule has 2 amide bonds. The van der Waals surface area contributed by atoms with E-state index in [0.29, 0.717) is 17.7 Å². The summed E-state index contributed by atoms with van der Waals surface area (Å²) in [6.07, 6.45) is 0.579. The van der Waals surface area contributed by atoms with Crippen molar-refractivity contribution >= 4 is 23.6 Å². The van der Waals surface area contributed by atoms with Crippen molar-refractivity contribution < 1.29 is 14.0 Å². The van der Waals surface area contributed by atoms with Crippen LogP contribution in [-0.2, 0) is 22.6 Å². The summed E-state index contributed by atoms with van der Waals surface area (Å²) in [4.78, 5) is 29.8. The molecule has 0 saturated heterocycles. The van der Waals surface area contributed by atoms with Crippen molar-refractivity contribution in [2.24, 2.45) is 0 Å². The lowest BCUT2D eigenvalue weighted by molar-refractivity contribution is -0.141. The molecule has 0 bridgehead atoms. The van der Waals surface area contributed by atoms with Crippen molar-refractivity contribution in [2.45, 2.75) is 63.6 Å². The average molecular weight is 507 g/mol. The van der Waals surface area contributed by atoms with Crippen molar-refractivity contribution in [3.63, 3.8) is 0 Å². The van der Waals surface area contributed by atoms with E-state index >= 15 is 0 Å². The maximum Gasteiger partial charge on any atom is 0.243 e. The third-order valence-electron chi connectivity index (χ3n) is 5.67. The second kappa shape index (κ2) is 12.7. The monoisotopic (exact) mass is 506 g/mol. The summed E-state index contributed by atoms with van der Waals surface area (Å²) < 4.78 is 14.6. The summed E-state index contributed by atoms with van der Waals surface area (Å²) in [7, 11) is 0. The van der Waals surface area contributed by atoms with Crippen LogP contribution in [-0.4, -0.2) is 34.0 Å². The fraction of sp³-hybridized carbons (Fsp3) is 0.333. The van der Waals surface area contributed by atoms with E-state index in [1.165, 1.54) is 11.6 Å². The van der Waals surface area contributed by atoms with Crippen LogP contribution in [0.25, 0.3) is 0 Å². The molecule has 0 aliphatic rings. The van der Waals surface area contributed by atoms with E-state index in [1.807, 2.05) is 82.3 Å². The van der Waals surface area contributed by atoms with Gasteiger partial charge >= 0.3 is 0 Å². The maximum atomic E-state index is 14.6. The van der Waals surface area contributed by atoms with Crippen molar-refractivity contribution in [3.05, 3.63) is 101 Å². The Balaban J connectivity index is 1.87. The smallest absolute Gasteiger partial charge is 0.243 e. The fourth-order valence-electron chi connectivity index (χ4n) is 3.85. The lowest BCUT2D eigenvalue weighted by Gasteiger charge is -2.34. The molecule has 6 heteroatoms. The average Bonchev–Trinajstić information content (AvgIpc) is 2.83. The Labute approximate surface area is 218 Å². The van der Waals surface area contributed by atoms with Crippen LogP contribution in [0, 0.1) is 12.7 Å². The minimum absolute atomic E-state index is 0.0236. The lowest BCUT2D eigenvalue weighted by atomic mass is 10.0. The molecule has 1 atom stereocenters. The Morgan fingerprint density at radius 2 is 1.58 bits per heavy atom. The molecule has 0 aliphatic carbocycles. The number of nitrogens with one attached hydrogen (secondary N) is 1. The molecular weight excluding hydrogens is 471 g/mol. The number of thioether (sulfide) groups is 1. The van der Waals surface area contributed by atoms with Gasteiger partial charge in [0.15, 0.2) is 0 Å². The van der Waals surface area contributed by atoms with Gasteiger partial charge in [0.05, 0.1) is 0 Å². The quantitative estimate of drug-likeness (QED) is 0.335. The van der Waals surface area contributed by atoms with Gasteiger partial charge in [-0.3, -0.25) is 9.59 Å². The third kappa shape index (κ3) is 8.52. The van der Waals surface area contributed by atoms with Gasteiger partial charge in [-0.25, -0.2) is 4.39 Å². The highest BCUT2D eigenvalue weighted by atomic mass is 32.2. The lowest BCUT2D eigenvalue weighted by Crippen LogP contribution is -2.54. The van der Waals surface area contributed by atoms with E-state index in [1.54, 1.807) is 34.9 Å². The van der Waals surface area contributed by atoms with Gasteiger partial charge in [0.2, 0.25) is 11.8 Å². The van der Waals surface area contributed by atoms with Gasteiger partial charge < -0.3 is 10.2 Å². The van der Waals surface area contributed by atoms with Crippen LogP contribution in [0.4, 0.5) is 4.39 Å². The first-order valence-corrected chi connectivity index (χ1v) is 13.2. The number of hydrogen-bond donors (Lipinski definition) is 1. The number of amides is 2. The summed E-state index contributed by atoms with van der Waals surface area (Å²) in [6.45, 7) is 7.78. The number of carbonyl (C=O) groups excluding carboxylic acids is 2. The van der Waals surface area contributed by atoms with Crippen molar-refractivity contribution in [1.29, 1.82) is 0 Å². The van der Waals surface area contributed by atoms with Gasteiger partial charge in [-0.1, -0.05) is 66.2 Å². The molecule has 1 N–H and O–H groups in total. The van der Waals surface area contributed by atoms with Crippen LogP contribution in [0.2, 0.25) is 0 Å². The largest absolute Gasteiger partial charge is 0.350 e. The highest BCUT2D eigenvalue weighted by molar-refractivity contribution is 7.99. The van der Waals surface area contributed by atoms with Gasteiger partial charge in [-0.2, -0.15) is 0 Å². The number of rotatable bonds is 10. The molecule has 0 spiro atoms. The first kappa shape index (κ1) is 27.5. The zero-order chi connectivity index (χ0) is 26.1. The summed E-state index contributed by atoms with van der Waals surface area (Å²) in [5.74, 6) is -0.252. The van der Waals surface area contributed by atoms with E-state index < -0.39 is 11.6 Å². The Morgan fingerprint density at radius 1 is 0.944 bits per heavy atom. The van der Waals surface area contributed by atoms with E-state index in [0.717, 1.165) is 10.5 Å². The Hall–Kier alpha value is -3.12. The van der Waals surface area contributed by atoms with Crippen molar-refractivity contribution in [3.8, 4) is 0 Å². The van der Waals surface area contributed by atoms with Crippen LogP contribution in [0.15, 0.2) is 83.8 Å². The van der Waals surface area contributed by atoms with E-state index in [4.69, 9.17) is 0 Å². The third-order valence-corrected chi connectivity index (χ3v) is 6.69. The molecule has 4 nitrogen and oxygen atoms in total. The van der Waals surface area contributed by atoms with Crippen LogP contribution in [0.5, 0.6) is 0 Å². The maximum absolute atomic E-state index is 14.6. The number of hydrogen-bond acceptors (Lipinski definition) is 3. The Bertz CT molecular complexity index is 1140. The van der Waals surface area contributed by atoms with Crippen LogP contribution in [0.3, 0.4) is 0 Å². The van der Waals surface area contributed by atoms with Gasteiger partial charge in [0.1, 0.15) is 11.9 Å². The molecule has 0 radical (unpaired) electrons. The number of benzene rings is 3. The molecule has 190 valence electrons. The summed E-state index contributed by atoms with van der Waals surface area (Å²) in [5, 5.41) is 3.03. The summed E-state index contributed by atoms with van der Waals surface area (Å²) in [5.41, 5.74) is 2.03. The molecular formula is C30H35FN2O2S. The SMILES string of the molecule is Cc1ccc(SCCC(=O)N(Cc2ccccc2F)[C@@H](Cc2ccccc2)C(=O)NC(C)(C)C)cc1. The van der Waals surface area contributed by atoms with Crippen LogP contribution < -0.4 is 5.32 Å². The zero-order valence-electron chi connectivity index (χ0n) is 21.5. The predicted octanol–water partition coefficient (Wildman–Crippen LogP) is 6.17. The number of carbonyl (C=O) groups is 2. The molecule has 0 fully saturated rings. The predicted molar refractivity (Wildman–Crippen MR) is 145 cm³/mol. The van der Waals surface area contributed by atoms with Crippen molar-refractivity contribution in [1.82, 2.24) is 10.2 Å². The summed E-state index contributed by atoms with van der Waals surface area (Å²) in [6, 6.07) is 23.4. The molecule has 36 heavy (non-hydrogen) atoms. The van der Waals surface area contributed by atoms with E-state index in [9.17, 15) is 14.0 Å². The van der Waals surface area contributed by atoms with E-state index in [-0.39, 0.29) is 30.6 Å². The molecule has 0 aliphatic heterocycles. The zero-order valence-corrected chi connectivity index (χ0v) is 22.3.